The minimum Gasteiger partial charge on any atom is -0.396 e. The molecule has 0 saturated heterocycles. The highest BCUT2D eigenvalue weighted by molar-refractivity contribution is 7.12. The number of carbonyl (C=O) groups excluding carboxylic acids is 1. The van der Waals surface area contributed by atoms with Gasteiger partial charge in [-0.25, -0.2) is 0 Å². The van der Waals surface area contributed by atoms with Gasteiger partial charge in [0.15, 0.2) is 0 Å². The first-order chi connectivity index (χ1) is 9.53. The van der Waals surface area contributed by atoms with Gasteiger partial charge in [0.2, 0.25) is 0 Å². The molecule has 2 rings (SSSR count). The van der Waals surface area contributed by atoms with Gasteiger partial charge in [0.1, 0.15) is 0 Å². The molecule has 1 aromatic heterocycles. The summed E-state index contributed by atoms with van der Waals surface area (Å²) in [5.74, 6) is -0.0830. The number of carbonyl (C=O) groups is 1. The lowest BCUT2D eigenvalue weighted by Gasteiger charge is -2.21. The van der Waals surface area contributed by atoms with Gasteiger partial charge in [-0.2, -0.15) is 0 Å². The largest absolute Gasteiger partial charge is 0.396 e. The van der Waals surface area contributed by atoms with E-state index in [0.29, 0.717) is 11.4 Å². The molecule has 1 aromatic carbocycles. The smallest absolute Gasteiger partial charge is 0.262 e. The number of thiophene rings is 1. The van der Waals surface area contributed by atoms with Crippen molar-refractivity contribution >= 4 is 17.2 Å². The molecule has 0 aliphatic carbocycles. The van der Waals surface area contributed by atoms with Crippen LogP contribution in [-0.4, -0.2) is 24.2 Å². The normalized spacial score (nSPS) is 11.3. The molecule has 0 aliphatic heterocycles. The number of nitrogens with one attached hydrogen (secondary N) is 1. The Kier molecular flexibility index (Phi) is 4.57. The average molecular weight is 289 g/mol. The first kappa shape index (κ1) is 14.8. The van der Waals surface area contributed by atoms with Gasteiger partial charge in [-0.15, -0.1) is 11.3 Å². The molecule has 2 N–H and O–H groups in total. The number of amides is 1. The highest BCUT2D eigenvalue weighted by Gasteiger charge is 2.20. The summed E-state index contributed by atoms with van der Waals surface area (Å²) < 4.78 is 0. The number of rotatable bonds is 5. The maximum absolute atomic E-state index is 12.3. The van der Waals surface area contributed by atoms with Crippen molar-refractivity contribution in [3.05, 3.63) is 46.7 Å². The van der Waals surface area contributed by atoms with Crippen LogP contribution in [0.5, 0.6) is 0 Å². The lowest BCUT2D eigenvalue weighted by molar-refractivity contribution is 0.0915. The van der Waals surface area contributed by atoms with Crippen LogP contribution in [-0.2, 0) is 0 Å². The van der Waals surface area contributed by atoms with Crippen molar-refractivity contribution < 1.29 is 9.90 Å². The molecule has 0 aliphatic rings. The Morgan fingerprint density at radius 1 is 1.25 bits per heavy atom. The summed E-state index contributed by atoms with van der Waals surface area (Å²) in [6, 6.07) is 11.8. The van der Waals surface area contributed by atoms with Gasteiger partial charge in [-0.3, -0.25) is 4.79 Å². The van der Waals surface area contributed by atoms with E-state index in [2.05, 4.69) is 5.32 Å². The fraction of sp³-hybridized carbons (Fsp3) is 0.312. The molecule has 1 amide bonds. The molecule has 0 spiro atoms. The van der Waals surface area contributed by atoms with E-state index in [9.17, 15) is 9.90 Å². The van der Waals surface area contributed by atoms with Crippen LogP contribution in [0.15, 0.2) is 41.8 Å². The number of aliphatic hydroxyl groups excluding tert-OH is 1. The molecule has 1 heterocycles. The van der Waals surface area contributed by atoms with Gasteiger partial charge in [0.25, 0.3) is 5.91 Å². The molecular formula is C16H19NO2S. The minimum absolute atomic E-state index is 0.0449. The third kappa shape index (κ3) is 3.46. The van der Waals surface area contributed by atoms with Crippen molar-refractivity contribution in [3.63, 3.8) is 0 Å². The Morgan fingerprint density at radius 3 is 2.60 bits per heavy atom. The molecule has 20 heavy (non-hydrogen) atoms. The van der Waals surface area contributed by atoms with Crippen LogP contribution < -0.4 is 5.32 Å². The second kappa shape index (κ2) is 6.20. The number of hydrogen-bond acceptors (Lipinski definition) is 3. The zero-order valence-electron chi connectivity index (χ0n) is 11.7. The summed E-state index contributed by atoms with van der Waals surface area (Å²) in [6.07, 6.45) is 0. The van der Waals surface area contributed by atoms with Crippen molar-refractivity contribution in [2.75, 3.05) is 13.2 Å². The Hall–Kier alpha value is -1.65. The highest BCUT2D eigenvalue weighted by atomic mass is 32.1. The van der Waals surface area contributed by atoms with Gasteiger partial charge in [-0.1, -0.05) is 44.2 Å². The summed E-state index contributed by atoms with van der Waals surface area (Å²) in [7, 11) is 0. The predicted octanol–water partition coefficient (Wildman–Crippen LogP) is 3.16. The molecule has 0 saturated carbocycles. The van der Waals surface area contributed by atoms with E-state index < -0.39 is 0 Å². The van der Waals surface area contributed by atoms with E-state index in [0.717, 1.165) is 11.1 Å². The van der Waals surface area contributed by atoms with Gasteiger partial charge in [0, 0.05) is 24.1 Å². The highest BCUT2D eigenvalue weighted by Crippen LogP contribution is 2.28. The maximum Gasteiger partial charge on any atom is 0.262 e. The molecule has 2 aromatic rings. The number of hydrogen-bond donors (Lipinski definition) is 2. The SMILES string of the molecule is CC(C)(CO)CNC(=O)c1sccc1-c1ccccc1. The van der Waals surface area contributed by atoms with Crippen molar-refractivity contribution in [1.29, 1.82) is 0 Å². The first-order valence-electron chi connectivity index (χ1n) is 6.55. The molecular weight excluding hydrogens is 270 g/mol. The topological polar surface area (TPSA) is 49.3 Å². The molecule has 4 heteroatoms. The number of aliphatic hydroxyl groups is 1. The van der Waals surface area contributed by atoms with E-state index in [1.807, 2.05) is 55.6 Å². The van der Waals surface area contributed by atoms with Gasteiger partial charge in [-0.05, 0) is 17.0 Å². The Bertz CT molecular complexity index is 575. The quantitative estimate of drug-likeness (QED) is 0.888. The summed E-state index contributed by atoms with van der Waals surface area (Å²) >= 11 is 1.44. The summed E-state index contributed by atoms with van der Waals surface area (Å²) in [5.41, 5.74) is 1.69. The van der Waals surface area contributed by atoms with Gasteiger partial charge < -0.3 is 10.4 Å². The van der Waals surface area contributed by atoms with Gasteiger partial charge >= 0.3 is 0 Å². The van der Waals surface area contributed by atoms with Crippen LogP contribution in [0.1, 0.15) is 23.5 Å². The zero-order valence-corrected chi connectivity index (χ0v) is 12.5. The summed E-state index contributed by atoms with van der Waals surface area (Å²) in [4.78, 5) is 13.0. The zero-order chi connectivity index (χ0) is 14.6. The van der Waals surface area contributed by atoms with E-state index in [1.165, 1.54) is 11.3 Å². The molecule has 0 bridgehead atoms. The predicted molar refractivity (Wildman–Crippen MR) is 83.0 cm³/mol. The average Bonchev–Trinajstić information content (AvgIpc) is 2.95. The van der Waals surface area contributed by atoms with Crippen molar-refractivity contribution in [1.82, 2.24) is 5.32 Å². The molecule has 0 unspecified atom stereocenters. The first-order valence-corrected chi connectivity index (χ1v) is 7.43. The Morgan fingerprint density at radius 2 is 1.95 bits per heavy atom. The van der Waals surface area contributed by atoms with Crippen LogP contribution in [0.25, 0.3) is 11.1 Å². The van der Waals surface area contributed by atoms with E-state index in [4.69, 9.17) is 0 Å². The monoisotopic (exact) mass is 289 g/mol. The van der Waals surface area contributed by atoms with E-state index in [1.54, 1.807) is 0 Å². The second-order valence-electron chi connectivity index (χ2n) is 5.53. The van der Waals surface area contributed by atoms with Gasteiger partial charge in [0.05, 0.1) is 4.88 Å². The summed E-state index contributed by atoms with van der Waals surface area (Å²) in [6.45, 7) is 4.33. The molecule has 3 nitrogen and oxygen atoms in total. The van der Waals surface area contributed by atoms with E-state index in [-0.39, 0.29) is 17.9 Å². The van der Waals surface area contributed by atoms with Crippen LogP contribution >= 0.6 is 11.3 Å². The summed E-state index contributed by atoms with van der Waals surface area (Å²) in [5, 5.41) is 14.0. The molecule has 0 radical (unpaired) electrons. The van der Waals surface area contributed by atoms with Crippen LogP contribution in [0.3, 0.4) is 0 Å². The number of benzene rings is 1. The third-order valence-electron chi connectivity index (χ3n) is 3.11. The minimum atomic E-state index is -0.306. The van der Waals surface area contributed by atoms with Crippen LogP contribution in [0.2, 0.25) is 0 Å². The molecule has 0 atom stereocenters. The Labute approximate surface area is 123 Å². The second-order valence-corrected chi connectivity index (χ2v) is 6.45. The standard InChI is InChI=1S/C16H19NO2S/c1-16(2,11-18)10-17-15(19)14-13(8-9-20-14)12-6-4-3-5-7-12/h3-9,18H,10-11H2,1-2H3,(H,17,19). The lowest BCUT2D eigenvalue weighted by Crippen LogP contribution is -2.35. The van der Waals surface area contributed by atoms with Crippen LogP contribution in [0, 0.1) is 5.41 Å². The van der Waals surface area contributed by atoms with Crippen molar-refractivity contribution in [3.8, 4) is 11.1 Å². The Balaban J connectivity index is 2.14. The molecule has 0 fully saturated rings. The fourth-order valence-corrected chi connectivity index (χ4v) is 2.62. The lowest BCUT2D eigenvalue weighted by atomic mass is 9.95. The third-order valence-corrected chi connectivity index (χ3v) is 4.02. The maximum atomic E-state index is 12.3. The van der Waals surface area contributed by atoms with Crippen molar-refractivity contribution in [2.24, 2.45) is 5.41 Å². The van der Waals surface area contributed by atoms with Crippen molar-refractivity contribution in [2.45, 2.75) is 13.8 Å². The fourth-order valence-electron chi connectivity index (χ4n) is 1.79. The van der Waals surface area contributed by atoms with Crippen LogP contribution in [0.4, 0.5) is 0 Å². The molecule has 106 valence electrons. The van der Waals surface area contributed by atoms with E-state index >= 15 is 0 Å².